The number of hydrogen-bond acceptors (Lipinski definition) is 2. The first-order valence-electron chi connectivity index (χ1n) is 6.10. The van der Waals surface area contributed by atoms with Gasteiger partial charge in [-0.3, -0.25) is 4.68 Å². The molecule has 1 aromatic carbocycles. The smallest absolute Gasteiger partial charge is 0.128 e. The lowest BCUT2D eigenvalue weighted by Crippen LogP contribution is -2.11. The van der Waals surface area contributed by atoms with Crippen molar-refractivity contribution in [3.63, 3.8) is 0 Å². The van der Waals surface area contributed by atoms with E-state index in [1.54, 1.807) is 11.8 Å². The fourth-order valence-corrected chi connectivity index (χ4v) is 1.93. The van der Waals surface area contributed by atoms with E-state index in [1.165, 1.54) is 5.56 Å². The van der Waals surface area contributed by atoms with E-state index >= 15 is 0 Å². The standard InChI is InChI=1S/C15H20N2O/c1-15(2,3)11-6-7-14(18-5)12(10-11)13-8-9-17(4)16-13/h6-10H,1-5H3. The van der Waals surface area contributed by atoms with E-state index in [2.05, 4.69) is 38.0 Å². The van der Waals surface area contributed by atoms with Gasteiger partial charge in [0, 0.05) is 18.8 Å². The minimum Gasteiger partial charge on any atom is -0.496 e. The van der Waals surface area contributed by atoms with Crippen LogP contribution in [0.15, 0.2) is 30.5 Å². The highest BCUT2D eigenvalue weighted by molar-refractivity contribution is 5.68. The molecule has 0 spiro atoms. The SMILES string of the molecule is COc1ccc(C(C)(C)C)cc1-c1ccn(C)n1. The second kappa shape index (κ2) is 4.48. The molecule has 96 valence electrons. The van der Waals surface area contributed by atoms with Crippen LogP contribution < -0.4 is 4.74 Å². The van der Waals surface area contributed by atoms with Gasteiger partial charge < -0.3 is 4.74 Å². The van der Waals surface area contributed by atoms with Crippen LogP contribution in [0.5, 0.6) is 5.75 Å². The summed E-state index contributed by atoms with van der Waals surface area (Å²) in [6.45, 7) is 6.62. The molecule has 0 atom stereocenters. The van der Waals surface area contributed by atoms with Crippen LogP contribution >= 0.6 is 0 Å². The Morgan fingerprint density at radius 2 is 1.89 bits per heavy atom. The van der Waals surface area contributed by atoms with E-state index in [1.807, 2.05) is 25.4 Å². The third kappa shape index (κ3) is 2.40. The van der Waals surface area contributed by atoms with Gasteiger partial charge in [0.2, 0.25) is 0 Å². The first-order chi connectivity index (χ1) is 8.41. The maximum absolute atomic E-state index is 5.43. The first-order valence-corrected chi connectivity index (χ1v) is 6.10. The number of rotatable bonds is 2. The fourth-order valence-electron chi connectivity index (χ4n) is 1.93. The van der Waals surface area contributed by atoms with Crippen molar-refractivity contribution in [2.45, 2.75) is 26.2 Å². The Bertz CT molecular complexity index is 550. The number of hydrogen-bond donors (Lipinski definition) is 0. The topological polar surface area (TPSA) is 27.1 Å². The molecule has 0 aliphatic carbocycles. The lowest BCUT2D eigenvalue weighted by Gasteiger charge is -2.20. The summed E-state index contributed by atoms with van der Waals surface area (Å²) in [5.41, 5.74) is 3.39. The summed E-state index contributed by atoms with van der Waals surface area (Å²) >= 11 is 0. The maximum Gasteiger partial charge on any atom is 0.128 e. The van der Waals surface area contributed by atoms with Crippen LogP contribution in [0.1, 0.15) is 26.3 Å². The minimum absolute atomic E-state index is 0.121. The third-order valence-corrected chi connectivity index (χ3v) is 3.06. The summed E-state index contributed by atoms with van der Waals surface area (Å²) in [6.07, 6.45) is 1.94. The van der Waals surface area contributed by atoms with Gasteiger partial charge in [0.05, 0.1) is 12.8 Å². The number of benzene rings is 1. The molecule has 0 saturated heterocycles. The lowest BCUT2D eigenvalue weighted by molar-refractivity contribution is 0.415. The van der Waals surface area contributed by atoms with Crippen LogP contribution in [0, 0.1) is 0 Å². The normalized spacial score (nSPS) is 11.6. The molecule has 1 aromatic heterocycles. The van der Waals surface area contributed by atoms with Crippen LogP contribution in [0.4, 0.5) is 0 Å². The van der Waals surface area contributed by atoms with Crippen LogP contribution in [0.25, 0.3) is 11.3 Å². The van der Waals surface area contributed by atoms with Gasteiger partial charge in [-0.1, -0.05) is 26.8 Å². The molecule has 0 amide bonds. The molecular weight excluding hydrogens is 224 g/mol. The Balaban J connectivity index is 2.56. The van der Waals surface area contributed by atoms with Gasteiger partial charge in [0.25, 0.3) is 0 Å². The molecule has 0 N–H and O–H groups in total. The average Bonchev–Trinajstić information content (AvgIpc) is 2.73. The molecule has 0 bridgehead atoms. The molecule has 0 radical (unpaired) electrons. The van der Waals surface area contributed by atoms with E-state index in [9.17, 15) is 0 Å². The Labute approximate surface area is 108 Å². The number of nitrogens with zero attached hydrogens (tertiary/aromatic N) is 2. The molecule has 3 nitrogen and oxygen atoms in total. The zero-order valence-electron chi connectivity index (χ0n) is 11.7. The summed E-state index contributed by atoms with van der Waals surface area (Å²) in [5.74, 6) is 0.863. The molecule has 0 aliphatic heterocycles. The van der Waals surface area contributed by atoms with Crippen LogP contribution in [-0.4, -0.2) is 16.9 Å². The van der Waals surface area contributed by atoms with Gasteiger partial charge in [-0.2, -0.15) is 5.10 Å². The monoisotopic (exact) mass is 244 g/mol. The largest absolute Gasteiger partial charge is 0.496 e. The Morgan fingerprint density at radius 1 is 1.17 bits per heavy atom. The molecule has 1 heterocycles. The number of aromatic nitrogens is 2. The molecule has 0 unspecified atom stereocenters. The van der Waals surface area contributed by atoms with Crippen LogP contribution in [0.3, 0.4) is 0 Å². The number of ether oxygens (including phenoxy) is 1. The van der Waals surface area contributed by atoms with Gasteiger partial charge in [-0.15, -0.1) is 0 Å². The predicted molar refractivity (Wildman–Crippen MR) is 73.9 cm³/mol. The molecule has 18 heavy (non-hydrogen) atoms. The summed E-state index contributed by atoms with van der Waals surface area (Å²) in [4.78, 5) is 0. The van der Waals surface area contributed by atoms with Crippen molar-refractivity contribution >= 4 is 0 Å². The van der Waals surface area contributed by atoms with Gasteiger partial charge in [0.15, 0.2) is 0 Å². The van der Waals surface area contributed by atoms with Gasteiger partial charge in [-0.25, -0.2) is 0 Å². The van der Waals surface area contributed by atoms with Crippen LogP contribution in [-0.2, 0) is 12.5 Å². The van der Waals surface area contributed by atoms with Crippen molar-refractivity contribution in [1.29, 1.82) is 0 Å². The lowest BCUT2D eigenvalue weighted by atomic mass is 9.85. The highest BCUT2D eigenvalue weighted by Gasteiger charge is 2.17. The quantitative estimate of drug-likeness (QED) is 0.809. The summed E-state index contributed by atoms with van der Waals surface area (Å²) in [7, 11) is 3.61. The highest BCUT2D eigenvalue weighted by atomic mass is 16.5. The van der Waals surface area contributed by atoms with Gasteiger partial charge in [-0.05, 0) is 29.2 Å². The summed E-state index contributed by atoms with van der Waals surface area (Å²) < 4.78 is 7.23. The van der Waals surface area contributed by atoms with Gasteiger partial charge in [0.1, 0.15) is 5.75 Å². The molecule has 0 aliphatic rings. The van der Waals surface area contributed by atoms with Crippen molar-refractivity contribution in [2.24, 2.45) is 7.05 Å². The summed E-state index contributed by atoms with van der Waals surface area (Å²) in [6, 6.07) is 8.31. The van der Waals surface area contributed by atoms with E-state index in [-0.39, 0.29) is 5.41 Å². The molecule has 0 fully saturated rings. The van der Waals surface area contributed by atoms with Crippen molar-refractivity contribution in [1.82, 2.24) is 9.78 Å². The molecular formula is C15H20N2O. The van der Waals surface area contributed by atoms with Crippen molar-refractivity contribution < 1.29 is 4.74 Å². The molecule has 0 saturated carbocycles. The zero-order valence-corrected chi connectivity index (χ0v) is 11.7. The predicted octanol–water partition coefficient (Wildman–Crippen LogP) is 3.39. The number of methoxy groups -OCH3 is 1. The zero-order chi connectivity index (χ0) is 13.3. The van der Waals surface area contributed by atoms with E-state index < -0.39 is 0 Å². The van der Waals surface area contributed by atoms with Crippen molar-refractivity contribution in [2.75, 3.05) is 7.11 Å². The van der Waals surface area contributed by atoms with Crippen LogP contribution in [0.2, 0.25) is 0 Å². The maximum atomic E-state index is 5.43. The molecule has 2 aromatic rings. The van der Waals surface area contributed by atoms with E-state index in [0.29, 0.717) is 0 Å². The summed E-state index contributed by atoms with van der Waals surface area (Å²) in [5, 5.41) is 4.45. The van der Waals surface area contributed by atoms with E-state index in [0.717, 1.165) is 17.0 Å². The minimum atomic E-state index is 0.121. The molecule has 3 heteroatoms. The first kappa shape index (κ1) is 12.7. The highest BCUT2D eigenvalue weighted by Crippen LogP contribution is 2.33. The van der Waals surface area contributed by atoms with Crippen molar-refractivity contribution in [3.8, 4) is 17.0 Å². The second-order valence-corrected chi connectivity index (χ2v) is 5.54. The Kier molecular flexibility index (Phi) is 3.16. The van der Waals surface area contributed by atoms with E-state index in [4.69, 9.17) is 4.74 Å². The number of aryl methyl sites for hydroxylation is 1. The Morgan fingerprint density at radius 3 is 2.39 bits per heavy atom. The Hall–Kier alpha value is -1.77. The molecule has 2 rings (SSSR count). The second-order valence-electron chi connectivity index (χ2n) is 5.54. The van der Waals surface area contributed by atoms with Gasteiger partial charge >= 0.3 is 0 Å². The fraction of sp³-hybridized carbons (Fsp3) is 0.400. The third-order valence-electron chi connectivity index (χ3n) is 3.06. The average molecular weight is 244 g/mol. The van der Waals surface area contributed by atoms with Crippen molar-refractivity contribution in [3.05, 3.63) is 36.0 Å².